The molecule has 6 heteroatoms. The molecule has 0 atom stereocenters. The Bertz CT molecular complexity index is 754. The van der Waals surface area contributed by atoms with Gasteiger partial charge in [0.2, 0.25) is 0 Å². The van der Waals surface area contributed by atoms with Crippen LogP contribution in [0.2, 0.25) is 5.02 Å². The van der Waals surface area contributed by atoms with Crippen LogP contribution in [0.3, 0.4) is 0 Å². The standard InChI is InChI=1S/C20H22ClNO4/c1-20(2,19(24)25-3)26-17-10-4-14(5-11-17)12-13-22-18(23)15-6-8-16(21)9-7-15/h4-11H,12-13H2,1-3H3,(H,22,23). The van der Waals surface area contributed by atoms with E-state index in [2.05, 4.69) is 5.32 Å². The van der Waals surface area contributed by atoms with Gasteiger partial charge in [0.25, 0.3) is 5.91 Å². The van der Waals surface area contributed by atoms with Crippen molar-refractivity contribution in [2.75, 3.05) is 13.7 Å². The van der Waals surface area contributed by atoms with Crippen LogP contribution in [0.25, 0.3) is 0 Å². The number of hydrogen-bond acceptors (Lipinski definition) is 4. The summed E-state index contributed by atoms with van der Waals surface area (Å²) in [5.41, 5.74) is 0.566. The first-order valence-corrected chi connectivity index (χ1v) is 8.60. The lowest BCUT2D eigenvalue weighted by molar-refractivity contribution is -0.156. The Labute approximate surface area is 158 Å². The molecule has 0 radical (unpaired) electrons. The Morgan fingerprint density at radius 3 is 2.23 bits per heavy atom. The minimum Gasteiger partial charge on any atom is -0.476 e. The maximum absolute atomic E-state index is 12.0. The third kappa shape index (κ3) is 5.49. The number of carbonyl (C=O) groups excluding carboxylic acids is 2. The highest BCUT2D eigenvalue weighted by Gasteiger charge is 2.30. The fourth-order valence-electron chi connectivity index (χ4n) is 2.33. The number of carbonyl (C=O) groups is 2. The molecule has 0 aliphatic heterocycles. The SMILES string of the molecule is COC(=O)C(C)(C)Oc1ccc(CCNC(=O)c2ccc(Cl)cc2)cc1. The van der Waals surface area contributed by atoms with Crippen molar-refractivity contribution >= 4 is 23.5 Å². The maximum Gasteiger partial charge on any atom is 0.349 e. The van der Waals surface area contributed by atoms with E-state index in [0.717, 1.165) is 5.56 Å². The highest BCUT2D eigenvalue weighted by molar-refractivity contribution is 6.30. The number of rotatable bonds is 7. The number of halogens is 1. The number of hydrogen-bond donors (Lipinski definition) is 1. The average Bonchev–Trinajstić information content (AvgIpc) is 2.62. The predicted molar refractivity (Wildman–Crippen MR) is 101 cm³/mol. The average molecular weight is 376 g/mol. The first kappa shape index (κ1) is 19.8. The van der Waals surface area contributed by atoms with Crippen LogP contribution in [0.15, 0.2) is 48.5 Å². The van der Waals surface area contributed by atoms with Crippen LogP contribution in [0.4, 0.5) is 0 Å². The molecule has 0 fully saturated rings. The monoisotopic (exact) mass is 375 g/mol. The van der Waals surface area contributed by atoms with Crippen molar-refractivity contribution in [2.24, 2.45) is 0 Å². The highest BCUT2D eigenvalue weighted by atomic mass is 35.5. The van der Waals surface area contributed by atoms with E-state index in [0.29, 0.717) is 29.3 Å². The molecule has 5 nitrogen and oxygen atoms in total. The van der Waals surface area contributed by atoms with E-state index < -0.39 is 11.6 Å². The fourth-order valence-corrected chi connectivity index (χ4v) is 2.46. The Kier molecular flexibility index (Phi) is 6.64. The minimum atomic E-state index is -1.05. The van der Waals surface area contributed by atoms with Crippen LogP contribution in [0.1, 0.15) is 29.8 Å². The molecular weight excluding hydrogens is 354 g/mol. The van der Waals surface area contributed by atoms with Crippen LogP contribution in [-0.4, -0.2) is 31.1 Å². The maximum atomic E-state index is 12.0. The van der Waals surface area contributed by atoms with Crippen LogP contribution in [-0.2, 0) is 16.0 Å². The molecule has 2 aromatic rings. The summed E-state index contributed by atoms with van der Waals surface area (Å²) in [6.07, 6.45) is 0.681. The minimum absolute atomic E-state index is 0.138. The molecule has 0 bridgehead atoms. The topological polar surface area (TPSA) is 64.6 Å². The van der Waals surface area contributed by atoms with Gasteiger partial charge in [0.1, 0.15) is 5.75 Å². The second-order valence-corrected chi connectivity index (χ2v) is 6.70. The van der Waals surface area contributed by atoms with E-state index in [4.69, 9.17) is 21.1 Å². The number of amides is 1. The van der Waals surface area contributed by atoms with Gasteiger partial charge >= 0.3 is 5.97 Å². The quantitative estimate of drug-likeness (QED) is 0.750. The van der Waals surface area contributed by atoms with Crippen molar-refractivity contribution in [1.29, 1.82) is 0 Å². The molecule has 2 aromatic carbocycles. The summed E-state index contributed by atoms with van der Waals surface area (Å²) in [6.45, 7) is 3.81. The van der Waals surface area contributed by atoms with Gasteiger partial charge in [-0.3, -0.25) is 4.79 Å². The smallest absolute Gasteiger partial charge is 0.349 e. The summed E-state index contributed by atoms with van der Waals surface area (Å²) in [6, 6.07) is 14.1. The first-order valence-electron chi connectivity index (χ1n) is 8.22. The predicted octanol–water partition coefficient (Wildman–Crippen LogP) is 3.64. The zero-order valence-electron chi connectivity index (χ0n) is 15.0. The van der Waals surface area contributed by atoms with Crippen LogP contribution < -0.4 is 10.1 Å². The van der Waals surface area contributed by atoms with Crippen molar-refractivity contribution < 1.29 is 19.1 Å². The summed E-state index contributed by atoms with van der Waals surface area (Å²) in [4.78, 5) is 23.7. The molecule has 26 heavy (non-hydrogen) atoms. The second-order valence-electron chi connectivity index (χ2n) is 6.26. The van der Waals surface area contributed by atoms with Crippen LogP contribution in [0.5, 0.6) is 5.75 Å². The van der Waals surface area contributed by atoms with Crippen LogP contribution in [0, 0.1) is 0 Å². The zero-order valence-corrected chi connectivity index (χ0v) is 15.8. The molecule has 2 rings (SSSR count). The van der Waals surface area contributed by atoms with E-state index in [1.165, 1.54) is 7.11 Å². The van der Waals surface area contributed by atoms with Crippen LogP contribution >= 0.6 is 11.6 Å². The second kappa shape index (κ2) is 8.72. The molecule has 0 aliphatic carbocycles. The van der Waals surface area contributed by atoms with Gasteiger partial charge in [-0.2, -0.15) is 0 Å². The lowest BCUT2D eigenvalue weighted by Crippen LogP contribution is -2.39. The first-order chi connectivity index (χ1) is 12.3. The fraction of sp³-hybridized carbons (Fsp3) is 0.300. The largest absolute Gasteiger partial charge is 0.476 e. The number of benzene rings is 2. The van der Waals surface area contributed by atoms with E-state index >= 15 is 0 Å². The molecule has 1 amide bonds. The van der Waals surface area contributed by atoms with Gasteiger partial charge in [-0.1, -0.05) is 23.7 Å². The van der Waals surface area contributed by atoms with E-state index in [1.54, 1.807) is 50.2 Å². The van der Waals surface area contributed by atoms with E-state index in [1.807, 2.05) is 12.1 Å². The third-order valence-corrected chi connectivity index (χ3v) is 4.03. The van der Waals surface area contributed by atoms with Gasteiger partial charge in [0, 0.05) is 17.1 Å². The number of ether oxygens (including phenoxy) is 2. The van der Waals surface area contributed by atoms with Crippen molar-refractivity contribution in [2.45, 2.75) is 25.9 Å². The summed E-state index contributed by atoms with van der Waals surface area (Å²) < 4.78 is 10.4. The van der Waals surface area contributed by atoms with E-state index in [9.17, 15) is 9.59 Å². The molecule has 0 aromatic heterocycles. The molecule has 1 N–H and O–H groups in total. The van der Waals surface area contributed by atoms with Gasteiger partial charge in [-0.05, 0) is 62.2 Å². The molecule has 138 valence electrons. The Morgan fingerprint density at radius 1 is 1.04 bits per heavy atom. The summed E-state index contributed by atoms with van der Waals surface area (Å²) in [5, 5.41) is 3.46. The molecule has 0 saturated heterocycles. The summed E-state index contributed by atoms with van der Waals surface area (Å²) in [7, 11) is 1.33. The Hall–Kier alpha value is -2.53. The van der Waals surface area contributed by atoms with Crippen molar-refractivity contribution in [1.82, 2.24) is 5.32 Å². The van der Waals surface area contributed by atoms with Crippen molar-refractivity contribution in [3.8, 4) is 5.75 Å². The molecular formula is C20H22ClNO4. The molecule has 0 unspecified atom stereocenters. The highest BCUT2D eigenvalue weighted by Crippen LogP contribution is 2.20. The lowest BCUT2D eigenvalue weighted by atomic mass is 10.1. The third-order valence-electron chi connectivity index (χ3n) is 3.78. The normalized spacial score (nSPS) is 10.9. The van der Waals surface area contributed by atoms with Gasteiger partial charge in [-0.25, -0.2) is 4.79 Å². The van der Waals surface area contributed by atoms with Gasteiger partial charge < -0.3 is 14.8 Å². The molecule has 0 aliphatic rings. The van der Waals surface area contributed by atoms with Gasteiger partial charge in [0.15, 0.2) is 5.60 Å². The molecule has 0 saturated carbocycles. The molecule has 0 heterocycles. The lowest BCUT2D eigenvalue weighted by Gasteiger charge is -2.23. The van der Waals surface area contributed by atoms with Crippen molar-refractivity contribution in [3.63, 3.8) is 0 Å². The Morgan fingerprint density at radius 2 is 1.65 bits per heavy atom. The van der Waals surface area contributed by atoms with Gasteiger partial charge in [-0.15, -0.1) is 0 Å². The van der Waals surface area contributed by atoms with Crippen molar-refractivity contribution in [3.05, 3.63) is 64.7 Å². The Balaban J connectivity index is 1.84. The number of methoxy groups -OCH3 is 1. The summed E-state index contributed by atoms with van der Waals surface area (Å²) >= 11 is 5.81. The molecule has 0 spiro atoms. The van der Waals surface area contributed by atoms with Gasteiger partial charge in [0.05, 0.1) is 7.11 Å². The zero-order chi connectivity index (χ0) is 19.2. The summed E-state index contributed by atoms with van der Waals surface area (Å²) in [5.74, 6) is 0.00212. The number of nitrogens with one attached hydrogen (secondary N) is 1. The van der Waals surface area contributed by atoms with E-state index in [-0.39, 0.29) is 5.91 Å². The number of esters is 1.